The molecule has 11 heavy (non-hydrogen) atoms. The molecule has 0 bridgehead atoms. The molecule has 0 aromatic carbocycles. The van der Waals surface area contributed by atoms with Gasteiger partial charge in [0.2, 0.25) is 0 Å². The summed E-state index contributed by atoms with van der Waals surface area (Å²) in [5.74, 6) is -0.437. The molecule has 60 valence electrons. The quantitative estimate of drug-likeness (QED) is 0.621. The van der Waals surface area contributed by atoms with Crippen LogP contribution in [0.25, 0.3) is 0 Å². The molecule has 0 aromatic rings. The van der Waals surface area contributed by atoms with E-state index < -0.39 is 5.97 Å². The maximum absolute atomic E-state index is 10.9. The van der Waals surface area contributed by atoms with Gasteiger partial charge in [-0.2, -0.15) is 0 Å². The van der Waals surface area contributed by atoms with E-state index >= 15 is 0 Å². The Balaban J connectivity index is 2.88. The topological polar surface area (TPSA) is 43.4 Å². The number of Topliss-reactive ketones (excluding diaryl/α,β-unsaturated/α-hetero) is 1. The van der Waals surface area contributed by atoms with Crippen LogP contribution in [0.1, 0.15) is 12.8 Å². The Kier molecular flexibility index (Phi) is 2.44. The predicted octanol–water partition coefficient (Wildman–Crippen LogP) is 1.17. The lowest BCUT2D eigenvalue weighted by Gasteiger charge is -1.97. The fourth-order valence-electron chi connectivity index (χ4n) is 0.941. The molecule has 0 amide bonds. The third kappa shape index (κ3) is 1.50. The van der Waals surface area contributed by atoms with E-state index in [9.17, 15) is 9.59 Å². The lowest BCUT2D eigenvalue weighted by molar-refractivity contribution is -0.136. The fourth-order valence-corrected chi connectivity index (χ4v) is 1.50. The number of ether oxygens (including phenoxy) is 1. The predicted molar refractivity (Wildman–Crippen MR) is 42.2 cm³/mol. The SMILES string of the molecule is COC(=O)C1=C(Br)C(=O)CC1. The molecule has 0 saturated heterocycles. The van der Waals surface area contributed by atoms with Gasteiger partial charge in [0.15, 0.2) is 5.78 Å². The van der Waals surface area contributed by atoms with Crippen LogP contribution in [0.5, 0.6) is 0 Å². The maximum atomic E-state index is 10.9. The number of rotatable bonds is 1. The minimum absolute atomic E-state index is 0.0228. The molecule has 1 aliphatic carbocycles. The first-order valence-corrected chi connectivity index (χ1v) is 3.96. The number of halogens is 1. The van der Waals surface area contributed by atoms with E-state index in [1.165, 1.54) is 7.11 Å². The average molecular weight is 219 g/mol. The van der Waals surface area contributed by atoms with Crippen molar-refractivity contribution in [1.82, 2.24) is 0 Å². The lowest BCUT2D eigenvalue weighted by Crippen LogP contribution is -2.03. The van der Waals surface area contributed by atoms with E-state index in [1.807, 2.05) is 0 Å². The van der Waals surface area contributed by atoms with Gasteiger partial charge < -0.3 is 4.74 Å². The minimum Gasteiger partial charge on any atom is -0.466 e. The van der Waals surface area contributed by atoms with Crippen LogP contribution >= 0.6 is 15.9 Å². The highest BCUT2D eigenvalue weighted by atomic mass is 79.9. The number of carbonyl (C=O) groups excluding carboxylic acids is 2. The second-order valence-electron chi connectivity index (χ2n) is 2.21. The number of hydrogen-bond acceptors (Lipinski definition) is 3. The van der Waals surface area contributed by atoms with E-state index in [0.29, 0.717) is 22.9 Å². The molecule has 0 aliphatic heterocycles. The maximum Gasteiger partial charge on any atom is 0.335 e. The first-order valence-electron chi connectivity index (χ1n) is 3.17. The summed E-state index contributed by atoms with van der Waals surface area (Å²) in [6.07, 6.45) is 0.900. The Hall–Kier alpha value is -0.640. The summed E-state index contributed by atoms with van der Waals surface area (Å²) in [5, 5.41) is 0. The first kappa shape index (κ1) is 8.46. The Morgan fingerprint density at radius 3 is 2.55 bits per heavy atom. The molecule has 3 nitrogen and oxygen atoms in total. The van der Waals surface area contributed by atoms with Gasteiger partial charge in [-0.1, -0.05) is 0 Å². The largest absolute Gasteiger partial charge is 0.466 e. The number of allylic oxidation sites excluding steroid dienone is 1. The van der Waals surface area contributed by atoms with Crippen molar-refractivity contribution in [3.05, 3.63) is 10.1 Å². The smallest absolute Gasteiger partial charge is 0.335 e. The normalized spacial score (nSPS) is 17.5. The van der Waals surface area contributed by atoms with Crippen molar-refractivity contribution in [2.45, 2.75) is 12.8 Å². The zero-order valence-corrected chi connectivity index (χ0v) is 7.60. The number of methoxy groups -OCH3 is 1. The monoisotopic (exact) mass is 218 g/mol. The standard InChI is InChI=1S/C7H7BrO3/c1-11-7(10)4-2-3-5(9)6(4)8/h2-3H2,1H3. The summed E-state index contributed by atoms with van der Waals surface area (Å²) < 4.78 is 4.85. The van der Waals surface area contributed by atoms with Crippen molar-refractivity contribution in [3.63, 3.8) is 0 Å². The molecular formula is C7H7BrO3. The lowest BCUT2D eigenvalue weighted by atomic mass is 10.2. The van der Waals surface area contributed by atoms with E-state index in [4.69, 9.17) is 0 Å². The van der Waals surface area contributed by atoms with Crippen LogP contribution in [0.3, 0.4) is 0 Å². The molecule has 0 saturated carbocycles. The highest BCUT2D eigenvalue weighted by Crippen LogP contribution is 2.27. The van der Waals surface area contributed by atoms with Crippen LogP contribution in [0.15, 0.2) is 10.1 Å². The molecule has 1 aliphatic rings. The molecule has 4 heteroatoms. The van der Waals surface area contributed by atoms with Gasteiger partial charge in [0, 0.05) is 6.42 Å². The molecule has 0 N–H and O–H groups in total. The highest BCUT2D eigenvalue weighted by Gasteiger charge is 2.25. The van der Waals surface area contributed by atoms with Gasteiger partial charge in [-0.05, 0) is 22.4 Å². The summed E-state index contributed by atoms with van der Waals surface area (Å²) >= 11 is 3.04. The Labute approximate surface area is 72.5 Å². The number of hydrogen-bond donors (Lipinski definition) is 0. The number of ketones is 1. The van der Waals surface area contributed by atoms with Crippen molar-refractivity contribution in [2.75, 3.05) is 7.11 Å². The number of carbonyl (C=O) groups is 2. The second kappa shape index (κ2) is 3.17. The molecular weight excluding hydrogens is 212 g/mol. The van der Waals surface area contributed by atoms with Crippen LogP contribution < -0.4 is 0 Å². The van der Waals surface area contributed by atoms with Crippen molar-refractivity contribution in [2.24, 2.45) is 0 Å². The zero-order chi connectivity index (χ0) is 8.43. The zero-order valence-electron chi connectivity index (χ0n) is 6.02. The molecule has 1 rings (SSSR count). The summed E-state index contributed by atoms with van der Waals surface area (Å²) in [6, 6.07) is 0. The minimum atomic E-state index is -0.414. The van der Waals surface area contributed by atoms with Gasteiger partial charge in [-0.3, -0.25) is 4.79 Å². The molecule has 0 fully saturated rings. The highest BCUT2D eigenvalue weighted by molar-refractivity contribution is 9.12. The summed E-state index contributed by atoms with van der Waals surface area (Å²) in [5.41, 5.74) is 0.456. The number of esters is 1. The summed E-state index contributed by atoms with van der Waals surface area (Å²) in [4.78, 5) is 21.8. The Bertz CT molecular complexity index is 242. The fraction of sp³-hybridized carbons (Fsp3) is 0.429. The summed E-state index contributed by atoms with van der Waals surface area (Å²) in [6.45, 7) is 0. The van der Waals surface area contributed by atoms with Crippen molar-refractivity contribution in [1.29, 1.82) is 0 Å². The molecule has 0 atom stereocenters. The average Bonchev–Trinajstić information content (AvgIpc) is 2.32. The van der Waals surface area contributed by atoms with Gasteiger partial charge >= 0.3 is 5.97 Å². The molecule has 0 radical (unpaired) electrons. The van der Waals surface area contributed by atoms with Crippen LogP contribution in [0.4, 0.5) is 0 Å². The second-order valence-corrected chi connectivity index (χ2v) is 3.00. The van der Waals surface area contributed by atoms with E-state index in [0.717, 1.165) is 0 Å². The van der Waals surface area contributed by atoms with Crippen LogP contribution in [0, 0.1) is 0 Å². The third-order valence-electron chi connectivity index (χ3n) is 1.54. The van der Waals surface area contributed by atoms with Crippen molar-refractivity contribution in [3.8, 4) is 0 Å². The molecule has 0 heterocycles. The Morgan fingerprint density at radius 2 is 2.18 bits per heavy atom. The van der Waals surface area contributed by atoms with Crippen LogP contribution in [-0.4, -0.2) is 18.9 Å². The van der Waals surface area contributed by atoms with E-state index in [1.54, 1.807) is 0 Å². The van der Waals surface area contributed by atoms with Crippen LogP contribution in [0.2, 0.25) is 0 Å². The summed E-state index contributed by atoms with van der Waals surface area (Å²) in [7, 11) is 1.30. The third-order valence-corrected chi connectivity index (χ3v) is 2.46. The molecule has 0 unspecified atom stereocenters. The van der Waals surface area contributed by atoms with Gasteiger partial charge in [-0.15, -0.1) is 0 Å². The van der Waals surface area contributed by atoms with E-state index in [-0.39, 0.29) is 5.78 Å². The molecule has 0 aromatic heterocycles. The van der Waals surface area contributed by atoms with Crippen LogP contribution in [-0.2, 0) is 14.3 Å². The van der Waals surface area contributed by atoms with Gasteiger partial charge in [0.1, 0.15) is 0 Å². The van der Waals surface area contributed by atoms with Crippen molar-refractivity contribution < 1.29 is 14.3 Å². The van der Waals surface area contributed by atoms with Crippen molar-refractivity contribution >= 4 is 27.7 Å². The van der Waals surface area contributed by atoms with Gasteiger partial charge in [0.25, 0.3) is 0 Å². The Morgan fingerprint density at radius 1 is 1.55 bits per heavy atom. The van der Waals surface area contributed by atoms with E-state index in [2.05, 4.69) is 20.7 Å². The van der Waals surface area contributed by atoms with Gasteiger partial charge in [-0.25, -0.2) is 4.79 Å². The first-order chi connectivity index (χ1) is 5.16. The van der Waals surface area contributed by atoms with Gasteiger partial charge in [0.05, 0.1) is 17.2 Å². The molecule has 0 spiro atoms.